The largest absolute Gasteiger partial charge is 0.437 e. The highest BCUT2D eigenvalue weighted by Gasteiger charge is 2.31. The number of ether oxygens (including phenoxy) is 1. The van der Waals surface area contributed by atoms with Gasteiger partial charge in [-0.3, -0.25) is 4.18 Å². The number of aryl methyl sites for hydroxylation is 2. The van der Waals surface area contributed by atoms with Gasteiger partial charge < -0.3 is 13.5 Å². The van der Waals surface area contributed by atoms with Gasteiger partial charge in [-0.25, -0.2) is 19.9 Å². The second-order valence-corrected chi connectivity index (χ2v) is 7.45. The van der Waals surface area contributed by atoms with Gasteiger partial charge in [0, 0.05) is 31.6 Å². The van der Waals surface area contributed by atoms with Gasteiger partial charge in [0.25, 0.3) is 0 Å². The normalized spacial score (nSPS) is 11.7. The third kappa shape index (κ3) is 5.01. The number of halogens is 3. The van der Waals surface area contributed by atoms with Crippen molar-refractivity contribution in [2.24, 2.45) is 7.05 Å². The molecule has 0 fully saturated rings. The zero-order valence-corrected chi connectivity index (χ0v) is 18.6. The molecule has 0 amide bonds. The summed E-state index contributed by atoms with van der Waals surface area (Å²) < 4.78 is 57.1. The average Bonchev–Trinajstić information content (AvgIpc) is 3.09. The minimum Gasteiger partial charge on any atom is -0.437 e. The molecule has 0 unspecified atom stereocenters. The smallest absolute Gasteiger partial charge is 0.416 e. The Morgan fingerprint density at radius 3 is 2.67 bits per heavy atom. The summed E-state index contributed by atoms with van der Waals surface area (Å²) in [5, 5.41) is 0. The number of aromatic nitrogens is 5. The molecule has 0 N–H and O–H groups in total. The fourth-order valence-corrected chi connectivity index (χ4v) is 3.32. The number of hydrogen-bond acceptors (Lipinski definition) is 8. The summed E-state index contributed by atoms with van der Waals surface area (Å²) in [6.07, 6.45) is -0.398. The third-order valence-electron chi connectivity index (χ3n) is 4.46. The molecule has 0 aliphatic heterocycles. The molecule has 0 aromatic carbocycles. The molecule has 0 atom stereocenters. The molecule has 33 heavy (non-hydrogen) atoms. The van der Waals surface area contributed by atoms with Crippen molar-refractivity contribution in [2.75, 3.05) is 6.61 Å². The number of alkyl halides is 3. The Morgan fingerprint density at radius 2 is 1.91 bits per heavy atom. The molecule has 0 radical (unpaired) electrons. The molecular formula is C21H18F3N5O3S. The zero-order valence-electron chi connectivity index (χ0n) is 17.8. The molecule has 4 aromatic rings. The van der Waals surface area contributed by atoms with E-state index in [4.69, 9.17) is 13.1 Å². The van der Waals surface area contributed by atoms with Crippen molar-refractivity contribution in [1.82, 2.24) is 24.5 Å². The molecule has 8 nitrogen and oxygen atoms in total. The van der Waals surface area contributed by atoms with Crippen LogP contribution in [-0.4, -0.2) is 31.1 Å². The van der Waals surface area contributed by atoms with E-state index in [1.807, 2.05) is 13.0 Å². The van der Waals surface area contributed by atoms with Crippen molar-refractivity contribution in [2.45, 2.75) is 20.0 Å². The average molecular weight is 477 g/mol. The topological polar surface area (TPSA) is 84.2 Å². The van der Waals surface area contributed by atoms with E-state index in [9.17, 15) is 13.2 Å². The van der Waals surface area contributed by atoms with E-state index in [1.54, 1.807) is 24.7 Å². The molecule has 172 valence electrons. The van der Waals surface area contributed by atoms with Crippen LogP contribution in [0.4, 0.5) is 13.2 Å². The van der Waals surface area contributed by atoms with Gasteiger partial charge in [-0.05, 0) is 31.5 Å². The minimum atomic E-state index is -4.52. The monoisotopic (exact) mass is 477 g/mol. The Kier molecular flexibility index (Phi) is 6.38. The molecule has 0 aliphatic carbocycles. The SMILES string of the molecule is CCOSOc1cc(Oc2cc(C(F)(F)F)ccn2)cnc1-c1nc2cc(C)cnc2n1C. The van der Waals surface area contributed by atoms with Crippen molar-refractivity contribution in [3.05, 3.63) is 54.0 Å². The highest BCUT2D eigenvalue weighted by molar-refractivity contribution is 7.90. The highest BCUT2D eigenvalue weighted by Crippen LogP contribution is 2.36. The summed E-state index contributed by atoms with van der Waals surface area (Å²) in [6.45, 7) is 4.11. The second-order valence-electron chi connectivity index (χ2n) is 6.91. The Labute approximate surface area is 191 Å². The summed E-state index contributed by atoms with van der Waals surface area (Å²) >= 11 is 0.739. The first-order valence-electron chi connectivity index (χ1n) is 9.73. The first-order chi connectivity index (χ1) is 15.8. The third-order valence-corrected chi connectivity index (χ3v) is 5.04. The van der Waals surface area contributed by atoms with Crippen molar-refractivity contribution < 1.29 is 26.3 Å². The van der Waals surface area contributed by atoms with E-state index >= 15 is 0 Å². The first kappa shape index (κ1) is 22.8. The Hall–Kier alpha value is -3.38. The van der Waals surface area contributed by atoms with E-state index < -0.39 is 11.7 Å². The predicted molar refractivity (Wildman–Crippen MR) is 116 cm³/mol. The van der Waals surface area contributed by atoms with E-state index in [-0.39, 0.29) is 17.4 Å². The maximum absolute atomic E-state index is 13.0. The first-order valence-corrected chi connectivity index (χ1v) is 10.4. The molecule has 4 heterocycles. The van der Waals surface area contributed by atoms with Gasteiger partial charge in [-0.2, -0.15) is 13.2 Å². The van der Waals surface area contributed by atoms with E-state index in [0.29, 0.717) is 29.3 Å². The van der Waals surface area contributed by atoms with Crippen LogP contribution in [0, 0.1) is 6.92 Å². The van der Waals surface area contributed by atoms with E-state index in [2.05, 4.69) is 19.9 Å². The van der Waals surface area contributed by atoms with E-state index in [1.165, 1.54) is 12.3 Å². The van der Waals surface area contributed by atoms with Crippen LogP contribution in [0.1, 0.15) is 18.1 Å². The number of pyridine rings is 3. The standard InChI is InChI=1S/C21H18F3N5O3S/c1-4-30-33-32-16-9-14(31-17-8-13(5-6-25-17)21(22,23)24)11-26-18(16)20-28-15-7-12(2)10-27-19(15)29(20)3/h5-11H,4H2,1-3H3. The van der Waals surface area contributed by atoms with Gasteiger partial charge in [0.05, 0.1) is 18.4 Å². The van der Waals surface area contributed by atoms with E-state index in [0.717, 1.165) is 36.2 Å². The molecule has 12 heteroatoms. The summed E-state index contributed by atoms with van der Waals surface area (Å²) in [6, 6.07) is 5.05. The lowest BCUT2D eigenvalue weighted by Crippen LogP contribution is -2.05. The van der Waals surface area contributed by atoms with Crippen molar-refractivity contribution in [1.29, 1.82) is 0 Å². The van der Waals surface area contributed by atoms with Gasteiger partial charge in [-0.1, -0.05) is 0 Å². The number of rotatable bonds is 7. The fraction of sp³-hybridized carbons (Fsp3) is 0.238. The number of imidazole rings is 1. The fourth-order valence-electron chi connectivity index (χ4n) is 2.97. The molecule has 4 rings (SSSR count). The Balaban J connectivity index is 1.71. The molecule has 0 saturated carbocycles. The van der Waals surface area contributed by atoms with Crippen LogP contribution in [0.15, 0.2) is 42.9 Å². The summed E-state index contributed by atoms with van der Waals surface area (Å²) in [4.78, 5) is 17.3. The summed E-state index contributed by atoms with van der Waals surface area (Å²) in [5.41, 5.74) is 1.81. The van der Waals surface area contributed by atoms with Gasteiger partial charge in [0.1, 0.15) is 11.2 Å². The maximum atomic E-state index is 13.0. The molecule has 0 spiro atoms. The van der Waals surface area contributed by atoms with Crippen LogP contribution < -0.4 is 8.92 Å². The van der Waals surface area contributed by atoms with Crippen molar-refractivity contribution >= 4 is 23.5 Å². The Bertz CT molecular complexity index is 1300. The summed E-state index contributed by atoms with van der Waals surface area (Å²) in [5.74, 6) is 0.627. The van der Waals surface area contributed by atoms with Crippen LogP contribution in [0.5, 0.6) is 17.4 Å². The number of nitrogens with zero attached hydrogens (tertiary/aromatic N) is 5. The van der Waals surface area contributed by atoms with Crippen molar-refractivity contribution in [3.8, 4) is 28.9 Å². The lowest BCUT2D eigenvalue weighted by Gasteiger charge is -2.12. The molecule has 0 bridgehead atoms. The predicted octanol–water partition coefficient (Wildman–Crippen LogP) is 5.52. The second kappa shape index (κ2) is 9.24. The number of fused-ring (bicyclic) bond motifs is 1. The van der Waals surface area contributed by atoms with Crippen LogP contribution in [0.3, 0.4) is 0 Å². The number of hydrogen-bond donors (Lipinski definition) is 0. The summed E-state index contributed by atoms with van der Waals surface area (Å²) in [7, 11) is 1.80. The van der Waals surface area contributed by atoms with Gasteiger partial charge >= 0.3 is 6.18 Å². The molecule has 0 saturated heterocycles. The van der Waals surface area contributed by atoms with Gasteiger partial charge in [0.2, 0.25) is 18.2 Å². The van der Waals surface area contributed by atoms with Crippen LogP contribution >= 0.6 is 12.3 Å². The van der Waals surface area contributed by atoms with Crippen LogP contribution in [0.25, 0.3) is 22.7 Å². The Morgan fingerprint density at radius 1 is 1.09 bits per heavy atom. The lowest BCUT2D eigenvalue weighted by atomic mass is 10.2. The van der Waals surface area contributed by atoms with Crippen molar-refractivity contribution in [3.63, 3.8) is 0 Å². The lowest BCUT2D eigenvalue weighted by molar-refractivity contribution is -0.137. The molecule has 4 aromatic heterocycles. The van der Waals surface area contributed by atoms with Gasteiger partial charge in [-0.15, -0.1) is 0 Å². The van der Waals surface area contributed by atoms with Crippen LogP contribution in [-0.2, 0) is 17.4 Å². The van der Waals surface area contributed by atoms with Gasteiger partial charge in [0.15, 0.2) is 23.0 Å². The molecular weight excluding hydrogens is 459 g/mol. The van der Waals surface area contributed by atoms with Crippen LogP contribution in [0.2, 0.25) is 0 Å². The quantitative estimate of drug-likeness (QED) is 0.254. The molecule has 0 aliphatic rings. The minimum absolute atomic E-state index is 0.130. The zero-order chi connectivity index (χ0) is 23.6. The maximum Gasteiger partial charge on any atom is 0.416 e. The highest BCUT2D eigenvalue weighted by atomic mass is 32.2.